The van der Waals surface area contributed by atoms with Gasteiger partial charge in [-0.2, -0.15) is 0 Å². The number of carbonyl (C=O) groups is 2. The highest BCUT2D eigenvalue weighted by Crippen LogP contribution is 2.36. The molecular formula is C16H25N2O3S+. The van der Waals surface area contributed by atoms with E-state index in [1.807, 2.05) is 20.8 Å². The third-order valence-electron chi connectivity index (χ3n) is 4.03. The van der Waals surface area contributed by atoms with Crippen LogP contribution in [-0.2, 0) is 22.5 Å². The van der Waals surface area contributed by atoms with Crippen LogP contribution in [0.5, 0.6) is 0 Å². The molecule has 1 amide bonds. The van der Waals surface area contributed by atoms with Crippen molar-refractivity contribution in [2.24, 2.45) is 5.41 Å². The molecular weight excluding hydrogens is 300 g/mol. The first-order valence-corrected chi connectivity index (χ1v) is 8.47. The molecule has 2 heterocycles. The molecule has 0 spiro atoms. The second kappa shape index (κ2) is 6.38. The van der Waals surface area contributed by atoms with Crippen LogP contribution in [0.1, 0.15) is 48.5 Å². The summed E-state index contributed by atoms with van der Waals surface area (Å²) in [4.78, 5) is 27.1. The highest BCUT2D eigenvalue weighted by atomic mass is 32.1. The molecule has 1 aromatic rings. The molecule has 122 valence electrons. The Bertz CT molecular complexity index is 587. The van der Waals surface area contributed by atoms with Crippen molar-refractivity contribution in [3.05, 3.63) is 16.0 Å². The number of fused-ring (bicyclic) bond motifs is 1. The third kappa shape index (κ3) is 3.33. The third-order valence-corrected chi connectivity index (χ3v) is 5.18. The number of thiophene rings is 1. The zero-order valence-electron chi connectivity index (χ0n) is 14.0. The van der Waals surface area contributed by atoms with Crippen LogP contribution in [0.3, 0.4) is 0 Å². The zero-order chi connectivity index (χ0) is 16.5. The van der Waals surface area contributed by atoms with Crippen molar-refractivity contribution in [1.29, 1.82) is 0 Å². The molecule has 0 bridgehead atoms. The monoisotopic (exact) mass is 325 g/mol. The van der Waals surface area contributed by atoms with E-state index in [1.165, 1.54) is 28.2 Å². The number of ether oxygens (including phenoxy) is 1. The molecule has 2 rings (SSSR count). The van der Waals surface area contributed by atoms with Crippen molar-refractivity contribution in [3.8, 4) is 0 Å². The summed E-state index contributed by atoms with van der Waals surface area (Å²) in [5, 5.41) is 3.56. The molecule has 5 nitrogen and oxygen atoms in total. The molecule has 1 aromatic heterocycles. The van der Waals surface area contributed by atoms with Gasteiger partial charge in [0, 0.05) is 11.8 Å². The van der Waals surface area contributed by atoms with Gasteiger partial charge in [-0.25, -0.2) is 4.79 Å². The van der Waals surface area contributed by atoms with Crippen molar-refractivity contribution >= 4 is 28.2 Å². The summed E-state index contributed by atoms with van der Waals surface area (Å²) in [6.45, 7) is 10.7. The number of hydrogen-bond acceptors (Lipinski definition) is 4. The first-order chi connectivity index (χ1) is 10.3. The van der Waals surface area contributed by atoms with Crippen LogP contribution in [0.25, 0.3) is 0 Å². The van der Waals surface area contributed by atoms with Gasteiger partial charge in [0.2, 0.25) is 5.91 Å². The summed E-state index contributed by atoms with van der Waals surface area (Å²) in [5.41, 5.74) is 1.10. The molecule has 0 aromatic carbocycles. The minimum Gasteiger partial charge on any atom is -0.465 e. The van der Waals surface area contributed by atoms with E-state index in [-0.39, 0.29) is 11.9 Å². The molecule has 0 saturated heterocycles. The lowest BCUT2D eigenvalue weighted by Gasteiger charge is -2.22. The topological polar surface area (TPSA) is 59.8 Å². The summed E-state index contributed by atoms with van der Waals surface area (Å²) in [6, 6.07) is 0. The van der Waals surface area contributed by atoms with E-state index in [2.05, 4.69) is 12.2 Å². The predicted octanol–water partition coefficient (Wildman–Crippen LogP) is 1.48. The lowest BCUT2D eigenvalue weighted by Crippen LogP contribution is -3.11. The van der Waals surface area contributed by atoms with E-state index in [1.54, 1.807) is 0 Å². The van der Waals surface area contributed by atoms with Crippen LogP contribution in [0.4, 0.5) is 5.00 Å². The lowest BCUT2D eigenvalue weighted by atomic mass is 9.95. The Morgan fingerprint density at radius 2 is 2.05 bits per heavy atom. The molecule has 2 N–H and O–H groups in total. The number of anilines is 1. The molecule has 0 radical (unpaired) electrons. The summed E-state index contributed by atoms with van der Waals surface area (Å²) in [6.07, 6.45) is 0.852. The number of carbonyl (C=O) groups excluding carboxylic acids is 2. The van der Waals surface area contributed by atoms with E-state index in [0.29, 0.717) is 10.6 Å². The molecule has 22 heavy (non-hydrogen) atoms. The molecule has 6 heteroatoms. The van der Waals surface area contributed by atoms with Crippen LogP contribution in [0.15, 0.2) is 0 Å². The van der Waals surface area contributed by atoms with E-state index in [4.69, 9.17) is 4.74 Å². The summed E-state index contributed by atoms with van der Waals surface area (Å²) in [5.74, 6) is -0.447. The van der Waals surface area contributed by atoms with Crippen molar-refractivity contribution in [2.75, 3.05) is 25.5 Å². The highest BCUT2D eigenvalue weighted by molar-refractivity contribution is 7.17. The van der Waals surface area contributed by atoms with Crippen LogP contribution in [-0.4, -0.2) is 32.1 Å². The van der Waals surface area contributed by atoms with Gasteiger partial charge in [0.05, 0.1) is 30.6 Å². The number of quaternary nitrogens is 1. The summed E-state index contributed by atoms with van der Waals surface area (Å²) in [7, 11) is 1.38. The normalized spacial score (nSPS) is 17.8. The first-order valence-electron chi connectivity index (χ1n) is 7.65. The van der Waals surface area contributed by atoms with E-state index in [9.17, 15) is 9.59 Å². The maximum atomic E-state index is 12.3. The van der Waals surface area contributed by atoms with Crippen molar-refractivity contribution in [2.45, 2.75) is 40.7 Å². The SMILES string of the molecule is CC[NH+]1CCc2c(sc(NC(=O)C(C)(C)C)c2C(=O)OC)C1. The molecule has 0 aliphatic carbocycles. The van der Waals surface area contributed by atoms with Crippen molar-refractivity contribution in [3.63, 3.8) is 0 Å². The molecule has 0 fully saturated rings. The Labute approximate surface area is 135 Å². The fourth-order valence-electron chi connectivity index (χ4n) is 2.54. The smallest absolute Gasteiger partial charge is 0.341 e. The molecule has 1 atom stereocenters. The maximum absolute atomic E-state index is 12.3. The van der Waals surface area contributed by atoms with Gasteiger partial charge < -0.3 is 15.0 Å². The van der Waals surface area contributed by atoms with Gasteiger partial charge in [-0.3, -0.25) is 4.79 Å². The average molecular weight is 325 g/mol. The lowest BCUT2D eigenvalue weighted by molar-refractivity contribution is -0.913. The van der Waals surface area contributed by atoms with Gasteiger partial charge >= 0.3 is 5.97 Å². The number of nitrogens with one attached hydrogen (secondary N) is 2. The minimum absolute atomic E-state index is 0.0871. The molecule has 1 aliphatic rings. The van der Waals surface area contributed by atoms with Gasteiger partial charge in [0.25, 0.3) is 0 Å². The minimum atomic E-state index is -0.501. The van der Waals surface area contributed by atoms with Crippen molar-refractivity contribution < 1.29 is 19.2 Å². The number of esters is 1. The van der Waals surface area contributed by atoms with Crippen LogP contribution in [0.2, 0.25) is 0 Å². The molecule has 0 saturated carbocycles. The fourth-order valence-corrected chi connectivity index (χ4v) is 3.84. The quantitative estimate of drug-likeness (QED) is 0.828. The Hall–Kier alpha value is -1.40. The van der Waals surface area contributed by atoms with E-state index >= 15 is 0 Å². The Kier molecular flexibility index (Phi) is 4.92. The fraction of sp³-hybridized carbons (Fsp3) is 0.625. The summed E-state index contributed by atoms with van der Waals surface area (Å²) < 4.78 is 4.93. The first kappa shape index (κ1) is 17.0. The van der Waals surface area contributed by atoms with Gasteiger partial charge in [-0.05, 0) is 12.5 Å². The molecule has 1 aliphatic heterocycles. The number of rotatable bonds is 3. The van der Waals surface area contributed by atoms with Crippen LogP contribution < -0.4 is 10.2 Å². The Balaban J connectivity index is 2.39. The standard InChI is InChI=1S/C16H24N2O3S/c1-6-18-8-7-10-11(9-18)22-13(12(10)14(19)21-5)17-15(20)16(2,3)4/h6-9H2,1-5H3,(H,17,20)/p+1. The van der Waals surface area contributed by atoms with Crippen LogP contribution in [0, 0.1) is 5.41 Å². The zero-order valence-corrected chi connectivity index (χ0v) is 14.8. The number of methoxy groups -OCH3 is 1. The molecule has 1 unspecified atom stereocenters. The van der Waals surface area contributed by atoms with E-state index < -0.39 is 5.41 Å². The van der Waals surface area contributed by atoms with Crippen molar-refractivity contribution in [1.82, 2.24) is 0 Å². The Morgan fingerprint density at radius 3 is 2.59 bits per heavy atom. The maximum Gasteiger partial charge on any atom is 0.341 e. The van der Waals surface area contributed by atoms with Gasteiger partial charge in [-0.15, -0.1) is 11.3 Å². The van der Waals surface area contributed by atoms with Gasteiger partial charge in [0.1, 0.15) is 11.5 Å². The largest absolute Gasteiger partial charge is 0.465 e. The average Bonchev–Trinajstić information content (AvgIpc) is 2.82. The number of likely N-dealkylation sites (N-methyl/N-ethyl adjacent to an activating group) is 1. The predicted molar refractivity (Wildman–Crippen MR) is 87.5 cm³/mol. The Morgan fingerprint density at radius 1 is 1.36 bits per heavy atom. The van der Waals surface area contributed by atoms with Crippen LogP contribution >= 0.6 is 11.3 Å². The number of hydrogen-bond donors (Lipinski definition) is 2. The van der Waals surface area contributed by atoms with E-state index in [0.717, 1.165) is 31.6 Å². The second-order valence-electron chi connectivity index (χ2n) is 6.68. The highest BCUT2D eigenvalue weighted by Gasteiger charge is 2.32. The second-order valence-corrected chi connectivity index (χ2v) is 7.79. The summed E-state index contributed by atoms with van der Waals surface area (Å²) >= 11 is 1.52. The van der Waals surface area contributed by atoms with Gasteiger partial charge in [0.15, 0.2) is 0 Å². The number of amides is 1. The van der Waals surface area contributed by atoms with Gasteiger partial charge in [-0.1, -0.05) is 20.8 Å².